The van der Waals surface area contributed by atoms with Crippen molar-refractivity contribution in [3.63, 3.8) is 0 Å². The maximum absolute atomic E-state index is 13.0. The molecule has 0 aliphatic rings. The molecule has 2 rings (SSSR count). The van der Waals surface area contributed by atoms with Gasteiger partial charge in [0.2, 0.25) is 10.0 Å². The predicted octanol–water partition coefficient (Wildman–Crippen LogP) is 3.33. The molecule has 140 valence electrons. The summed E-state index contributed by atoms with van der Waals surface area (Å²) in [5.41, 5.74) is -0.353. The van der Waals surface area contributed by atoms with E-state index < -0.39 is 34.3 Å². The first-order valence-corrected chi connectivity index (χ1v) is 8.92. The van der Waals surface area contributed by atoms with Crippen molar-refractivity contribution in [1.82, 2.24) is 0 Å². The molecule has 0 radical (unpaired) electrons. The minimum absolute atomic E-state index is 0.110. The lowest BCUT2D eigenvalue weighted by molar-refractivity contribution is -0.138. The van der Waals surface area contributed by atoms with Crippen molar-refractivity contribution in [3.8, 4) is 0 Å². The zero-order valence-electron chi connectivity index (χ0n) is 13.9. The monoisotopic (exact) mass is 387 g/mol. The van der Waals surface area contributed by atoms with Crippen molar-refractivity contribution >= 4 is 16.0 Å². The summed E-state index contributed by atoms with van der Waals surface area (Å²) in [6.07, 6.45) is -4.58. The third kappa shape index (κ3) is 4.41. The van der Waals surface area contributed by atoms with Gasteiger partial charge in [0, 0.05) is 5.56 Å². The first-order chi connectivity index (χ1) is 11.9. The van der Waals surface area contributed by atoms with Crippen molar-refractivity contribution in [2.45, 2.75) is 31.5 Å². The molecule has 26 heavy (non-hydrogen) atoms. The number of alkyl halides is 3. The van der Waals surface area contributed by atoms with Gasteiger partial charge in [0.25, 0.3) is 0 Å². The van der Waals surface area contributed by atoms with E-state index in [4.69, 9.17) is 9.88 Å². The lowest BCUT2D eigenvalue weighted by Gasteiger charge is -2.14. The number of nitrogens with two attached hydrogens (primary N) is 1. The highest BCUT2D eigenvalue weighted by Crippen LogP contribution is 2.32. The number of esters is 1. The van der Waals surface area contributed by atoms with Gasteiger partial charge in [-0.3, -0.25) is 0 Å². The number of rotatable bonds is 4. The predicted molar refractivity (Wildman–Crippen MR) is 87.9 cm³/mol. The van der Waals surface area contributed by atoms with Gasteiger partial charge in [0.1, 0.15) is 6.61 Å². The van der Waals surface area contributed by atoms with E-state index >= 15 is 0 Å². The fourth-order valence-corrected chi connectivity index (χ4v) is 3.27. The standard InChI is InChI=1S/C17H16F3NO4S/c1-10-7-13(8-15(11(10)2)26(21,23)24)16(22)25-9-12-5-3-4-6-14(12)17(18,19)20/h3-8H,9H2,1-2H3,(H2,21,23,24). The highest BCUT2D eigenvalue weighted by Gasteiger charge is 2.33. The minimum Gasteiger partial charge on any atom is -0.457 e. The number of primary sulfonamides is 1. The second kappa shape index (κ2) is 7.08. The number of carbonyl (C=O) groups excluding carboxylic acids is 1. The van der Waals surface area contributed by atoms with Crippen LogP contribution in [0.2, 0.25) is 0 Å². The highest BCUT2D eigenvalue weighted by molar-refractivity contribution is 7.89. The Hall–Kier alpha value is -2.39. The Kier molecular flexibility index (Phi) is 5.43. The molecule has 0 aliphatic heterocycles. The second-order valence-corrected chi connectivity index (χ2v) is 7.22. The van der Waals surface area contributed by atoms with E-state index in [1.807, 2.05) is 0 Å². The van der Waals surface area contributed by atoms with Crippen LogP contribution < -0.4 is 5.14 Å². The molecule has 0 fully saturated rings. The summed E-state index contributed by atoms with van der Waals surface area (Å²) in [5.74, 6) is -0.949. The summed E-state index contributed by atoms with van der Waals surface area (Å²) in [6.45, 7) is 2.51. The Morgan fingerprint density at radius 2 is 1.77 bits per heavy atom. The van der Waals surface area contributed by atoms with Crippen molar-refractivity contribution in [2.24, 2.45) is 5.14 Å². The van der Waals surface area contributed by atoms with Crippen LogP contribution in [0.3, 0.4) is 0 Å². The molecule has 2 aromatic rings. The largest absolute Gasteiger partial charge is 0.457 e. The summed E-state index contributed by atoms with van der Waals surface area (Å²) in [7, 11) is -4.06. The summed E-state index contributed by atoms with van der Waals surface area (Å²) >= 11 is 0. The van der Waals surface area contributed by atoms with Gasteiger partial charge in [-0.2, -0.15) is 13.2 Å². The number of ether oxygens (including phenoxy) is 1. The van der Waals surface area contributed by atoms with Crippen LogP contribution in [0.25, 0.3) is 0 Å². The molecule has 0 unspecified atom stereocenters. The number of halogens is 3. The first-order valence-electron chi connectivity index (χ1n) is 7.37. The number of hydrogen-bond acceptors (Lipinski definition) is 4. The first kappa shape index (κ1) is 19.9. The van der Waals surface area contributed by atoms with Gasteiger partial charge in [-0.05, 0) is 43.2 Å². The van der Waals surface area contributed by atoms with E-state index in [0.29, 0.717) is 11.1 Å². The van der Waals surface area contributed by atoms with Crippen LogP contribution in [0.4, 0.5) is 13.2 Å². The molecule has 0 amide bonds. The summed E-state index contributed by atoms with van der Waals surface area (Å²) in [6, 6.07) is 7.16. The van der Waals surface area contributed by atoms with Gasteiger partial charge < -0.3 is 4.74 Å². The maximum Gasteiger partial charge on any atom is 0.416 e. The van der Waals surface area contributed by atoms with E-state index in [2.05, 4.69) is 0 Å². The van der Waals surface area contributed by atoms with Crippen LogP contribution >= 0.6 is 0 Å². The van der Waals surface area contributed by atoms with Crippen LogP contribution in [0, 0.1) is 13.8 Å². The third-order valence-corrected chi connectivity index (χ3v) is 4.88. The maximum atomic E-state index is 13.0. The molecule has 0 bridgehead atoms. The lowest BCUT2D eigenvalue weighted by Crippen LogP contribution is -2.16. The van der Waals surface area contributed by atoms with Crippen molar-refractivity contribution in [1.29, 1.82) is 0 Å². The summed E-state index contributed by atoms with van der Waals surface area (Å²) in [5, 5.41) is 5.12. The van der Waals surface area contributed by atoms with Gasteiger partial charge in [0.05, 0.1) is 16.0 Å². The molecule has 0 spiro atoms. The Bertz CT molecular complexity index is 953. The Morgan fingerprint density at radius 1 is 1.15 bits per heavy atom. The van der Waals surface area contributed by atoms with Crippen molar-refractivity contribution < 1.29 is 31.1 Å². The molecule has 2 aromatic carbocycles. The zero-order valence-corrected chi connectivity index (χ0v) is 14.7. The average Bonchev–Trinajstić information content (AvgIpc) is 2.53. The fraction of sp³-hybridized carbons (Fsp3) is 0.235. The molecule has 0 saturated carbocycles. The van der Waals surface area contributed by atoms with Crippen LogP contribution in [-0.2, 0) is 27.5 Å². The van der Waals surface area contributed by atoms with Crippen LogP contribution in [-0.4, -0.2) is 14.4 Å². The van der Waals surface area contributed by atoms with E-state index in [-0.39, 0.29) is 16.0 Å². The summed E-state index contributed by atoms with van der Waals surface area (Å²) < 4.78 is 67.0. The van der Waals surface area contributed by atoms with E-state index in [9.17, 15) is 26.4 Å². The normalized spacial score (nSPS) is 12.1. The molecular weight excluding hydrogens is 371 g/mol. The van der Waals surface area contributed by atoms with Gasteiger partial charge in [-0.15, -0.1) is 0 Å². The quantitative estimate of drug-likeness (QED) is 0.816. The molecule has 0 saturated heterocycles. The number of hydrogen-bond donors (Lipinski definition) is 1. The SMILES string of the molecule is Cc1cc(C(=O)OCc2ccccc2C(F)(F)F)cc(S(N)(=O)=O)c1C. The molecule has 0 aromatic heterocycles. The lowest BCUT2D eigenvalue weighted by atomic mass is 10.1. The zero-order chi connectivity index (χ0) is 19.7. The molecule has 9 heteroatoms. The van der Waals surface area contributed by atoms with E-state index in [0.717, 1.165) is 12.1 Å². The highest BCUT2D eigenvalue weighted by atomic mass is 32.2. The summed E-state index contributed by atoms with van der Waals surface area (Å²) in [4.78, 5) is 11.9. The van der Waals surface area contributed by atoms with E-state index in [1.54, 1.807) is 6.92 Å². The second-order valence-electron chi connectivity index (χ2n) is 5.69. The van der Waals surface area contributed by atoms with Crippen molar-refractivity contribution in [3.05, 3.63) is 64.2 Å². The average molecular weight is 387 g/mol. The van der Waals surface area contributed by atoms with Crippen LogP contribution in [0.15, 0.2) is 41.3 Å². The number of benzene rings is 2. The molecule has 2 N–H and O–H groups in total. The number of aryl methyl sites for hydroxylation is 1. The number of sulfonamides is 1. The van der Waals surface area contributed by atoms with Gasteiger partial charge in [0.15, 0.2) is 0 Å². The fourth-order valence-electron chi connectivity index (χ4n) is 2.39. The molecule has 0 aliphatic carbocycles. The minimum atomic E-state index is -4.58. The van der Waals surface area contributed by atoms with Crippen LogP contribution in [0.1, 0.15) is 32.6 Å². The molecule has 0 atom stereocenters. The Labute approximate surface area is 148 Å². The van der Waals surface area contributed by atoms with E-state index in [1.165, 1.54) is 31.2 Å². The van der Waals surface area contributed by atoms with Gasteiger partial charge in [-0.1, -0.05) is 18.2 Å². The number of carbonyl (C=O) groups is 1. The molecule has 0 heterocycles. The van der Waals surface area contributed by atoms with Crippen molar-refractivity contribution in [2.75, 3.05) is 0 Å². The topological polar surface area (TPSA) is 86.5 Å². The van der Waals surface area contributed by atoms with Gasteiger partial charge in [-0.25, -0.2) is 18.4 Å². The third-order valence-electron chi connectivity index (χ3n) is 3.84. The molecular formula is C17H16F3NO4S. The Morgan fingerprint density at radius 3 is 2.35 bits per heavy atom. The molecule has 5 nitrogen and oxygen atoms in total. The van der Waals surface area contributed by atoms with Gasteiger partial charge >= 0.3 is 12.1 Å². The smallest absolute Gasteiger partial charge is 0.416 e. The Balaban J connectivity index is 2.29. The van der Waals surface area contributed by atoms with Crippen LogP contribution in [0.5, 0.6) is 0 Å².